The van der Waals surface area contributed by atoms with E-state index in [4.69, 9.17) is 0 Å². The molecule has 1 N–H and O–H groups in total. The first kappa shape index (κ1) is 15.6. The van der Waals surface area contributed by atoms with Crippen molar-refractivity contribution in [3.63, 3.8) is 0 Å². The van der Waals surface area contributed by atoms with Crippen molar-refractivity contribution in [1.29, 1.82) is 0 Å². The van der Waals surface area contributed by atoms with Crippen LogP contribution in [-0.2, 0) is 12.8 Å². The first-order chi connectivity index (χ1) is 9.99. The number of hydrogen-bond acceptors (Lipinski definition) is 1. The van der Waals surface area contributed by atoms with E-state index in [-0.39, 0.29) is 5.56 Å². The van der Waals surface area contributed by atoms with Crippen LogP contribution in [0.1, 0.15) is 47.8 Å². The molecular formula is C18H20F2O. The highest BCUT2D eigenvalue weighted by Gasteiger charge is 2.21. The van der Waals surface area contributed by atoms with Gasteiger partial charge in [-0.1, -0.05) is 38.1 Å². The third-order valence-electron chi connectivity index (χ3n) is 3.90. The van der Waals surface area contributed by atoms with Crippen LogP contribution in [0, 0.1) is 18.6 Å². The maximum Gasteiger partial charge on any atom is 0.135 e. The van der Waals surface area contributed by atoms with Crippen LogP contribution in [0.4, 0.5) is 8.78 Å². The average Bonchev–Trinajstić information content (AvgIpc) is 2.50. The molecule has 0 fully saturated rings. The number of benzene rings is 2. The second-order valence-electron chi connectivity index (χ2n) is 5.23. The Bertz CT molecular complexity index is 650. The third kappa shape index (κ3) is 2.98. The zero-order chi connectivity index (χ0) is 15.6. The zero-order valence-corrected chi connectivity index (χ0v) is 12.6. The van der Waals surface area contributed by atoms with Crippen molar-refractivity contribution in [2.45, 2.75) is 39.7 Å². The number of aliphatic hydroxyl groups excluding tert-OH is 1. The van der Waals surface area contributed by atoms with Gasteiger partial charge in [0, 0.05) is 0 Å². The SMILES string of the molecule is CCc1ccc(C(O)c2c(F)ccc(C)c2F)cc1CC. The van der Waals surface area contributed by atoms with Crippen LogP contribution in [0.3, 0.4) is 0 Å². The summed E-state index contributed by atoms with van der Waals surface area (Å²) in [7, 11) is 0. The van der Waals surface area contributed by atoms with Crippen LogP contribution >= 0.6 is 0 Å². The quantitative estimate of drug-likeness (QED) is 0.880. The molecule has 0 aliphatic rings. The third-order valence-corrected chi connectivity index (χ3v) is 3.90. The summed E-state index contributed by atoms with van der Waals surface area (Å²) in [6.45, 7) is 5.64. The Kier molecular flexibility index (Phi) is 4.73. The lowest BCUT2D eigenvalue weighted by atomic mass is 9.94. The smallest absolute Gasteiger partial charge is 0.135 e. The lowest BCUT2D eigenvalue weighted by Crippen LogP contribution is -2.08. The Hall–Kier alpha value is -1.74. The van der Waals surface area contributed by atoms with Gasteiger partial charge in [-0.05, 0) is 48.1 Å². The van der Waals surface area contributed by atoms with Crippen molar-refractivity contribution < 1.29 is 13.9 Å². The van der Waals surface area contributed by atoms with Crippen molar-refractivity contribution >= 4 is 0 Å². The van der Waals surface area contributed by atoms with Crippen LogP contribution in [0.5, 0.6) is 0 Å². The van der Waals surface area contributed by atoms with Gasteiger partial charge in [0.1, 0.15) is 17.7 Å². The number of hydrogen-bond donors (Lipinski definition) is 1. The number of aliphatic hydroxyl groups is 1. The molecule has 0 aromatic heterocycles. The molecular weight excluding hydrogens is 270 g/mol. The predicted octanol–water partition coefficient (Wildman–Crippen LogP) is 4.48. The minimum absolute atomic E-state index is 0.277. The van der Waals surface area contributed by atoms with Crippen LogP contribution in [0.15, 0.2) is 30.3 Å². The highest BCUT2D eigenvalue weighted by molar-refractivity contribution is 5.39. The van der Waals surface area contributed by atoms with Gasteiger partial charge in [0.25, 0.3) is 0 Å². The monoisotopic (exact) mass is 290 g/mol. The topological polar surface area (TPSA) is 20.2 Å². The second-order valence-corrected chi connectivity index (χ2v) is 5.23. The number of halogens is 2. The fourth-order valence-corrected chi connectivity index (χ4v) is 2.59. The summed E-state index contributed by atoms with van der Waals surface area (Å²) >= 11 is 0. The van der Waals surface area contributed by atoms with Crippen LogP contribution in [-0.4, -0.2) is 5.11 Å². The van der Waals surface area contributed by atoms with E-state index in [1.807, 2.05) is 19.1 Å². The number of rotatable bonds is 4. The Morgan fingerprint density at radius 1 is 1.00 bits per heavy atom. The molecule has 0 spiro atoms. The zero-order valence-electron chi connectivity index (χ0n) is 12.6. The summed E-state index contributed by atoms with van der Waals surface area (Å²) in [5.74, 6) is -1.40. The van der Waals surface area contributed by atoms with Gasteiger partial charge < -0.3 is 5.11 Å². The van der Waals surface area contributed by atoms with Gasteiger partial charge in [0.05, 0.1) is 5.56 Å². The predicted molar refractivity (Wildman–Crippen MR) is 80.4 cm³/mol. The summed E-state index contributed by atoms with van der Waals surface area (Å²) in [6, 6.07) is 8.06. The molecule has 0 radical (unpaired) electrons. The van der Waals surface area contributed by atoms with Gasteiger partial charge in [-0.3, -0.25) is 0 Å². The molecule has 1 unspecified atom stereocenters. The molecule has 0 bridgehead atoms. The van der Waals surface area contributed by atoms with E-state index in [2.05, 4.69) is 6.92 Å². The van der Waals surface area contributed by atoms with Crippen LogP contribution in [0.25, 0.3) is 0 Å². The van der Waals surface area contributed by atoms with Crippen LogP contribution in [0.2, 0.25) is 0 Å². The van der Waals surface area contributed by atoms with Crippen molar-refractivity contribution in [3.8, 4) is 0 Å². The van der Waals surface area contributed by atoms with Gasteiger partial charge >= 0.3 is 0 Å². The molecule has 2 rings (SSSR count). The van der Waals surface area contributed by atoms with E-state index < -0.39 is 17.7 Å². The molecule has 0 amide bonds. The van der Waals surface area contributed by atoms with Gasteiger partial charge in [-0.15, -0.1) is 0 Å². The molecule has 0 saturated heterocycles. The molecule has 0 saturated carbocycles. The largest absolute Gasteiger partial charge is 0.383 e. The van der Waals surface area contributed by atoms with E-state index in [9.17, 15) is 13.9 Å². The van der Waals surface area contributed by atoms with Crippen molar-refractivity contribution in [2.24, 2.45) is 0 Å². The molecule has 0 heterocycles. The minimum atomic E-state index is -1.29. The minimum Gasteiger partial charge on any atom is -0.383 e. The maximum atomic E-state index is 14.1. The van der Waals surface area contributed by atoms with Gasteiger partial charge in [-0.25, -0.2) is 8.78 Å². The van der Waals surface area contributed by atoms with Crippen LogP contribution < -0.4 is 0 Å². The highest BCUT2D eigenvalue weighted by atomic mass is 19.1. The second kappa shape index (κ2) is 6.35. The summed E-state index contributed by atoms with van der Waals surface area (Å²) in [6.07, 6.45) is 0.427. The van der Waals surface area contributed by atoms with Gasteiger partial charge in [0.15, 0.2) is 0 Å². The Morgan fingerprint density at radius 3 is 2.29 bits per heavy atom. The van der Waals surface area contributed by atoms with Crippen molar-refractivity contribution in [3.05, 3.63) is 69.8 Å². The van der Waals surface area contributed by atoms with Gasteiger partial charge in [-0.2, -0.15) is 0 Å². The summed E-state index contributed by atoms with van der Waals surface area (Å²) in [5.41, 5.74) is 2.86. The molecule has 0 aliphatic heterocycles. The first-order valence-electron chi connectivity index (χ1n) is 7.23. The van der Waals surface area contributed by atoms with Crippen molar-refractivity contribution in [1.82, 2.24) is 0 Å². The fraction of sp³-hybridized carbons (Fsp3) is 0.333. The Morgan fingerprint density at radius 2 is 1.67 bits per heavy atom. The van der Waals surface area contributed by atoms with E-state index >= 15 is 0 Å². The molecule has 2 aromatic rings. The molecule has 21 heavy (non-hydrogen) atoms. The Balaban J connectivity index is 2.50. The normalized spacial score (nSPS) is 12.5. The van der Waals surface area contributed by atoms with Crippen molar-refractivity contribution in [2.75, 3.05) is 0 Å². The molecule has 3 heteroatoms. The van der Waals surface area contributed by atoms with E-state index in [0.29, 0.717) is 11.1 Å². The first-order valence-corrected chi connectivity index (χ1v) is 7.23. The molecule has 2 aromatic carbocycles. The molecule has 1 nitrogen and oxygen atoms in total. The molecule has 112 valence electrons. The molecule has 1 atom stereocenters. The fourth-order valence-electron chi connectivity index (χ4n) is 2.59. The summed E-state index contributed by atoms with van der Waals surface area (Å²) in [4.78, 5) is 0. The Labute approximate surface area is 124 Å². The highest BCUT2D eigenvalue weighted by Crippen LogP contribution is 2.29. The standard InChI is InChI=1S/C18H20F2O/c1-4-12-7-8-14(10-13(12)5-2)18(21)16-15(19)9-6-11(3)17(16)20/h6-10,18,21H,4-5H2,1-3H3. The van der Waals surface area contributed by atoms with E-state index in [0.717, 1.165) is 18.4 Å². The average molecular weight is 290 g/mol. The lowest BCUT2D eigenvalue weighted by molar-refractivity contribution is 0.208. The van der Waals surface area contributed by atoms with E-state index in [1.54, 1.807) is 13.0 Å². The van der Waals surface area contributed by atoms with E-state index in [1.165, 1.54) is 17.7 Å². The maximum absolute atomic E-state index is 14.1. The lowest BCUT2D eigenvalue weighted by Gasteiger charge is -2.17. The summed E-state index contributed by atoms with van der Waals surface area (Å²) in [5, 5.41) is 10.4. The van der Waals surface area contributed by atoms with Gasteiger partial charge in [0.2, 0.25) is 0 Å². The molecule has 0 aliphatic carbocycles. The number of aryl methyl sites for hydroxylation is 3. The summed E-state index contributed by atoms with van der Waals surface area (Å²) < 4.78 is 28.0.